The maximum Gasteiger partial charge on any atom is 0.152 e. The van der Waals surface area contributed by atoms with Gasteiger partial charge in [-0.25, -0.2) is 0 Å². The smallest absolute Gasteiger partial charge is 0.152 e. The van der Waals surface area contributed by atoms with Crippen molar-refractivity contribution in [3.8, 4) is 5.75 Å². The van der Waals surface area contributed by atoms with Crippen molar-refractivity contribution in [3.05, 3.63) is 64.3 Å². The number of rotatable bonds is 5. The summed E-state index contributed by atoms with van der Waals surface area (Å²) in [6, 6.07) is 15.2. The summed E-state index contributed by atoms with van der Waals surface area (Å²) in [5.41, 5.74) is 4.95. The molecular formula is C25H29BrN4O. The molecule has 31 heavy (non-hydrogen) atoms. The Balaban J connectivity index is 1.34. The molecule has 3 heterocycles. The molecule has 162 valence electrons. The topological polar surface area (TPSA) is 31.8 Å². The van der Waals surface area contributed by atoms with Crippen molar-refractivity contribution in [2.24, 2.45) is 0 Å². The standard InChI is InChI=1S/C25H29BrN4O/c1-2-10-29-17-20-15-19(23-4-3-9-27-24(23)25(20)31-18-29)16-28-11-13-30(14-12-28)22-7-5-21(26)6-8-22/h3-9,15H,2,10-14,16-18H2,1H3. The molecule has 0 spiro atoms. The lowest BCUT2D eigenvalue weighted by molar-refractivity contribution is 0.0969. The molecule has 1 aromatic heterocycles. The van der Waals surface area contributed by atoms with Crippen molar-refractivity contribution in [3.63, 3.8) is 0 Å². The molecule has 0 aliphatic carbocycles. The Kier molecular flexibility index (Phi) is 6.12. The second kappa shape index (κ2) is 9.15. The lowest BCUT2D eigenvalue weighted by Gasteiger charge is -2.36. The minimum absolute atomic E-state index is 0.657. The van der Waals surface area contributed by atoms with Crippen molar-refractivity contribution in [1.82, 2.24) is 14.8 Å². The first-order valence-corrected chi connectivity index (χ1v) is 12.0. The van der Waals surface area contributed by atoms with Gasteiger partial charge >= 0.3 is 0 Å². The van der Waals surface area contributed by atoms with Crippen molar-refractivity contribution in [1.29, 1.82) is 0 Å². The zero-order valence-corrected chi connectivity index (χ0v) is 19.6. The van der Waals surface area contributed by atoms with Gasteiger partial charge in [0.15, 0.2) is 5.75 Å². The summed E-state index contributed by atoms with van der Waals surface area (Å²) in [6.45, 7) is 10.1. The molecule has 5 rings (SSSR count). The molecule has 6 heteroatoms. The van der Waals surface area contributed by atoms with Crippen LogP contribution >= 0.6 is 15.9 Å². The fourth-order valence-corrected chi connectivity index (χ4v) is 4.98. The predicted octanol–water partition coefficient (Wildman–Crippen LogP) is 4.88. The number of hydrogen-bond donors (Lipinski definition) is 0. The highest BCUT2D eigenvalue weighted by atomic mass is 79.9. The Morgan fingerprint density at radius 2 is 1.84 bits per heavy atom. The van der Waals surface area contributed by atoms with Crippen LogP contribution in [-0.2, 0) is 13.1 Å². The molecule has 0 amide bonds. The Labute approximate surface area is 192 Å². The summed E-state index contributed by atoms with van der Waals surface area (Å²) in [7, 11) is 0. The first-order chi connectivity index (χ1) is 15.2. The fraction of sp³-hybridized carbons (Fsp3) is 0.400. The Bertz CT molecular complexity index is 1050. The van der Waals surface area contributed by atoms with Crippen LogP contribution in [0.25, 0.3) is 10.9 Å². The van der Waals surface area contributed by atoms with Gasteiger partial charge in [0.2, 0.25) is 0 Å². The van der Waals surface area contributed by atoms with E-state index in [2.05, 4.69) is 74.0 Å². The van der Waals surface area contributed by atoms with E-state index in [0.29, 0.717) is 6.73 Å². The quantitative estimate of drug-likeness (QED) is 0.519. The van der Waals surface area contributed by atoms with Crippen LogP contribution < -0.4 is 9.64 Å². The lowest BCUT2D eigenvalue weighted by atomic mass is 10.0. The molecule has 1 saturated heterocycles. The maximum atomic E-state index is 6.16. The van der Waals surface area contributed by atoms with Gasteiger partial charge in [0.05, 0.1) is 0 Å². The van der Waals surface area contributed by atoms with E-state index >= 15 is 0 Å². The van der Waals surface area contributed by atoms with Gasteiger partial charge in [-0.1, -0.05) is 28.9 Å². The predicted molar refractivity (Wildman–Crippen MR) is 130 cm³/mol. The largest absolute Gasteiger partial charge is 0.475 e. The van der Waals surface area contributed by atoms with Crippen LogP contribution in [0.5, 0.6) is 5.75 Å². The molecule has 5 nitrogen and oxygen atoms in total. The van der Waals surface area contributed by atoms with Crippen LogP contribution in [0.3, 0.4) is 0 Å². The Hall–Kier alpha value is -2.15. The summed E-state index contributed by atoms with van der Waals surface area (Å²) in [4.78, 5) is 12.1. The average Bonchev–Trinajstić information content (AvgIpc) is 2.80. The summed E-state index contributed by atoms with van der Waals surface area (Å²) in [5.74, 6) is 0.978. The van der Waals surface area contributed by atoms with Gasteiger partial charge in [-0.15, -0.1) is 0 Å². The molecule has 2 aromatic carbocycles. The van der Waals surface area contributed by atoms with Crippen molar-refractivity contribution in [2.75, 3.05) is 44.4 Å². The number of anilines is 1. The van der Waals surface area contributed by atoms with E-state index in [1.807, 2.05) is 12.3 Å². The summed E-state index contributed by atoms with van der Waals surface area (Å²) >= 11 is 3.53. The molecule has 1 fully saturated rings. The third-order valence-electron chi connectivity index (χ3n) is 6.29. The molecule has 0 unspecified atom stereocenters. The third kappa shape index (κ3) is 4.43. The van der Waals surface area contributed by atoms with Gasteiger partial charge in [-0.2, -0.15) is 0 Å². The number of hydrogen-bond acceptors (Lipinski definition) is 5. The molecule has 0 N–H and O–H groups in total. The molecule has 3 aromatic rings. The minimum Gasteiger partial charge on any atom is -0.475 e. The van der Waals surface area contributed by atoms with Gasteiger partial charge in [0.1, 0.15) is 12.2 Å². The van der Waals surface area contributed by atoms with Gasteiger partial charge in [0.25, 0.3) is 0 Å². The zero-order chi connectivity index (χ0) is 21.2. The molecule has 0 bridgehead atoms. The molecular weight excluding hydrogens is 452 g/mol. The number of halogens is 1. The number of piperazine rings is 1. The second-order valence-electron chi connectivity index (χ2n) is 8.49. The van der Waals surface area contributed by atoms with E-state index < -0.39 is 0 Å². The highest BCUT2D eigenvalue weighted by Gasteiger charge is 2.23. The molecule has 0 atom stereocenters. The first kappa shape index (κ1) is 20.7. The normalized spacial score (nSPS) is 17.5. The zero-order valence-electron chi connectivity index (χ0n) is 18.1. The maximum absolute atomic E-state index is 6.16. The van der Waals surface area contributed by atoms with E-state index in [1.54, 1.807) is 0 Å². The monoisotopic (exact) mass is 480 g/mol. The molecule has 0 saturated carbocycles. The number of nitrogens with zero attached hydrogens (tertiary/aromatic N) is 4. The van der Waals surface area contributed by atoms with Crippen LogP contribution in [0.1, 0.15) is 24.5 Å². The van der Waals surface area contributed by atoms with Crippen LogP contribution in [0.2, 0.25) is 0 Å². The number of aromatic nitrogens is 1. The highest BCUT2D eigenvalue weighted by Crippen LogP contribution is 2.35. The van der Waals surface area contributed by atoms with E-state index in [1.165, 1.54) is 22.2 Å². The van der Waals surface area contributed by atoms with E-state index in [-0.39, 0.29) is 0 Å². The van der Waals surface area contributed by atoms with Gasteiger partial charge < -0.3 is 9.64 Å². The van der Waals surface area contributed by atoms with Crippen LogP contribution in [-0.4, -0.2) is 54.2 Å². The molecule has 0 radical (unpaired) electrons. The van der Waals surface area contributed by atoms with Crippen molar-refractivity contribution < 1.29 is 4.74 Å². The number of benzene rings is 2. The first-order valence-electron chi connectivity index (χ1n) is 11.2. The summed E-state index contributed by atoms with van der Waals surface area (Å²) in [5, 5.41) is 1.22. The van der Waals surface area contributed by atoms with Gasteiger partial charge in [-0.05, 0) is 48.4 Å². The molecule has 2 aliphatic heterocycles. The Morgan fingerprint density at radius 3 is 2.61 bits per heavy atom. The van der Waals surface area contributed by atoms with Crippen LogP contribution in [0.15, 0.2) is 53.1 Å². The Morgan fingerprint density at radius 1 is 1.03 bits per heavy atom. The summed E-state index contributed by atoms with van der Waals surface area (Å²) < 4.78 is 7.29. The van der Waals surface area contributed by atoms with Crippen LogP contribution in [0.4, 0.5) is 5.69 Å². The molecule has 2 aliphatic rings. The average molecular weight is 481 g/mol. The van der Waals surface area contributed by atoms with Crippen molar-refractivity contribution in [2.45, 2.75) is 26.4 Å². The van der Waals surface area contributed by atoms with E-state index in [4.69, 9.17) is 9.72 Å². The lowest BCUT2D eigenvalue weighted by Crippen LogP contribution is -2.46. The van der Waals surface area contributed by atoms with Gasteiger partial charge in [-0.3, -0.25) is 14.8 Å². The highest BCUT2D eigenvalue weighted by molar-refractivity contribution is 9.10. The number of pyridine rings is 1. The summed E-state index contributed by atoms with van der Waals surface area (Å²) in [6.07, 6.45) is 3.02. The van der Waals surface area contributed by atoms with E-state index in [9.17, 15) is 0 Å². The fourth-order valence-electron chi connectivity index (χ4n) is 4.72. The van der Waals surface area contributed by atoms with Crippen molar-refractivity contribution >= 4 is 32.5 Å². The number of ether oxygens (including phenoxy) is 1. The third-order valence-corrected chi connectivity index (χ3v) is 6.82. The minimum atomic E-state index is 0.657. The SMILES string of the molecule is CCCN1COc2c(cc(CN3CCN(c4ccc(Br)cc4)CC3)c3cccnc23)C1. The van der Waals surface area contributed by atoms with E-state index in [0.717, 1.165) is 68.0 Å². The second-order valence-corrected chi connectivity index (χ2v) is 9.40. The van der Waals surface area contributed by atoms with Crippen LogP contribution in [0, 0.1) is 0 Å². The number of fused-ring (bicyclic) bond motifs is 3. The van der Waals surface area contributed by atoms with Gasteiger partial charge in [0, 0.05) is 73.1 Å².